The fraction of sp³-hybridized carbons (Fsp3) is 0.333. The van der Waals surface area contributed by atoms with E-state index in [1.54, 1.807) is 24.3 Å². The second kappa shape index (κ2) is 7.79. The first-order valence-corrected chi connectivity index (χ1v) is 7.45. The summed E-state index contributed by atoms with van der Waals surface area (Å²) in [7, 11) is 4.40. The van der Waals surface area contributed by atoms with Crippen molar-refractivity contribution < 1.29 is 29.5 Å². The highest BCUT2D eigenvalue weighted by molar-refractivity contribution is 5.53. The summed E-state index contributed by atoms with van der Waals surface area (Å²) in [4.78, 5) is 0. The summed E-state index contributed by atoms with van der Waals surface area (Å²) in [5, 5.41) is 29.4. The molecule has 0 aliphatic rings. The number of aliphatic hydroxyl groups is 1. The Kier molecular flexibility index (Phi) is 5.76. The van der Waals surface area contributed by atoms with Crippen molar-refractivity contribution in [3.05, 3.63) is 41.5 Å². The Hall–Kier alpha value is -2.60. The standard InChI is InChI=1S/C18H22O6/c1-22-15-9-12(4-5-14(15)20)13(10-19)6-11-7-16(23-2)18(21)17(8-11)24-3/h4-5,7-9,13,19-21H,6,10H2,1-3H3/t13-/m0/s1. The molecule has 6 nitrogen and oxygen atoms in total. The number of benzene rings is 2. The summed E-state index contributed by atoms with van der Waals surface area (Å²) in [6.07, 6.45) is 0.497. The highest BCUT2D eigenvalue weighted by Crippen LogP contribution is 2.38. The van der Waals surface area contributed by atoms with E-state index in [-0.39, 0.29) is 24.0 Å². The molecule has 0 radical (unpaired) electrons. The van der Waals surface area contributed by atoms with E-state index in [0.717, 1.165) is 11.1 Å². The molecule has 0 heterocycles. The van der Waals surface area contributed by atoms with Gasteiger partial charge < -0.3 is 29.5 Å². The number of ether oxygens (including phenoxy) is 3. The Morgan fingerprint density at radius 2 is 1.46 bits per heavy atom. The Balaban J connectivity index is 2.33. The van der Waals surface area contributed by atoms with Gasteiger partial charge in [0.1, 0.15) is 0 Å². The van der Waals surface area contributed by atoms with E-state index >= 15 is 0 Å². The smallest absolute Gasteiger partial charge is 0.200 e. The van der Waals surface area contributed by atoms with Crippen LogP contribution in [0.1, 0.15) is 17.0 Å². The van der Waals surface area contributed by atoms with Crippen molar-refractivity contribution >= 4 is 0 Å². The zero-order valence-electron chi connectivity index (χ0n) is 13.9. The van der Waals surface area contributed by atoms with Crippen molar-refractivity contribution in [2.45, 2.75) is 12.3 Å². The maximum absolute atomic E-state index is 9.98. The molecule has 2 rings (SSSR count). The van der Waals surface area contributed by atoms with Gasteiger partial charge in [0.15, 0.2) is 23.0 Å². The molecule has 2 aromatic rings. The molecule has 130 valence electrons. The molecule has 0 unspecified atom stereocenters. The third kappa shape index (κ3) is 3.65. The Morgan fingerprint density at radius 1 is 0.875 bits per heavy atom. The molecule has 0 aliphatic heterocycles. The van der Waals surface area contributed by atoms with Gasteiger partial charge in [0.25, 0.3) is 0 Å². The van der Waals surface area contributed by atoms with Crippen LogP contribution >= 0.6 is 0 Å². The van der Waals surface area contributed by atoms with E-state index < -0.39 is 0 Å². The molecular formula is C18H22O6. The van der Waals surface area contributed by atoms with Gasteiger partial charge in [-0.1, -0.05) is 6.07 Å². The van der Waals surface area contributed by atoms with E-state index in [4.69, 9.17) is 14.2 Å². The van der Waals surface area contributed by atoms with Crippen molar-refractivity contribution in [1.29, 1.82) is 0 Å². The van der Waals surface area contributed by atoms with Crippen LogP contribution < -0.4 is 14.2 Å². The van der Waals surface area contributed by atoms with Crippen molar-refractivity contribution in [2.24, 2.45) is 0 Å². The average Bonchev–Trinajstić information content (AvgIpc) is 2.61. The SMILES string of the molecule is COc1cc([C@H](CO)Cc2cc(OC)c(O)c(OC)c2)ccc1O. The quantitative estimate of drug-likeness (QED) is 0.721. The van der Waals surface area contributed by atoms with Crippen LogP contribution in [0.2, 0.25) is 0 Å². The summed E-state index contributed by atoms with van der Waals surface area (Å²) in [5.41, 5.74) is 1.67. The predicted molar refractivity (Wildman–Crippen MR) is 89.4 cm³/mol. The van der Waals surface area contributed by atoms with E-state index in [1.165, 1.54) is 27.4 Å². The van der Waals surface area contributed by atoms with Crippen LogP contribution in [0.25, 0.3) is 0 Å². The zero-order chi connectivity index (χ0) is 17.7. The van der Waals surface area contributed by atoms with Gasteiger partial charge in [0.05, 0.1) is 27.9 Å². The zero-order valence-corrected chi connectivity index (χ0v) is 13.9. The molecule has 2 aromatic carbocycles. The minimum Gasteiger partial charge on any atom is -0.504 e. The number of hydrogen-bond donors (Lipinski definition) is 3. The second-order valence-corrected chi connectivity index (χ2v) is 5.36. The van der Waals surface area contributed by atoms with E-state index in [1.807, 2.05) is 0 Å². The van der Waals surface area contributed by atoms with Crippen LogP contribution in [-0.4, -0.2) is 43.3 Å². The van der Waals surface area contributed by atoms with Gasteiger partial charge in [-0.15, -0.1) is 0 Å². The van der Waals surface area contributed by atoms with Gasteiger partial charge in [-0.25, -0.2) is 0 Å². The Morgan fingerprint density at radius 3 is 1.96 bits per heavy atom. The maximum atomic E-state index is 9.98. The summed E-state index contributed by atoms with van der Waals surface area (Å²) in [6, 6.07) is 8.39. The monoisotopic (exact) mass is 334 g/mol. The molecule has 3 N–H and O–H groups in total. The molecule has 0 saturated carbocycles. The molecule has 0 aliphatic carbocycles. The largest absolute Gasteiger partial charge is 0.504 e. The lowest BCUT2D eigenvalue weighted by molar-refractivity contribution is 0.263. The van der Waals surface area contributed by atoms with Crippen molar-refractivity contribution in [2.75, 3.05) is 27.9 Å². The minimum absolute atomic E-state index is 0.0471. The number of phenols is 2. The summed E-state index contributed by atoms with van der Waals surface area (Å²) >= 11 is 0. The average molecular weight is 334 g/mol. The summed E-state index contributed by atoms with van der Waals surface area (Å²) in [6.45, 7) is -0.0839. The van der Waals surface area contributed by atoms with Crippen LogP contribution in [0.5, 0.6) is 28.7 Å². The van der Waals surface area contributed by atoms with Gasteiger partial charge in [0, 0.05) is 5.92 Å². The van der Waals surface area contributed by atoms with Gasteiger partial charge in [-0.3, -0.25) is 0 Å². The van der Waals surface area contributed by atoms with Crippen LogP contribution in [0.4, 0.5) is 0 Å². The van der Waals surface area contributed by atoms with Gasteiger partial charge in [-0.05, 0) is 41.8 Å². The van der Waals surface area contributed by atoms with Crippen LogP contribution in [-0.2, 0) is 6.42 Å². The van der Waals surface area contributed by atoms with E-state index in [9.17, 15) is 15.3 Å². The number of rotatable bonds is 7. The number of phenolic OH excluding ortho intramolecular Hbond substituents is 2. The molecule has 0 aromatic heterocycles. The highest BCUT2D eigenvalue weighted by atomic mass is 16.5. The lowest BCUT2D eigenvalue weighted by atomic mass is 9.92. The first kappa shape index (κ1) is 17.7. The molecule has 0 saturated heterocycles. The Bertz CT molecular complexity index is 673. The molecule has 6 heteroatoms. The molecule has 24 heavy (non-hydrogen) atoms. The predicted octanol–water partition coefficient (Wildman–Crippen LogP) is 2.44. The molecule has 0 spiro atoms. The lowest BCUT2D eigenvalue weighted by Crippen LogP contribution is -2.08. The fourth-order valence-electron chi connectivity index (χ4n) is 2.59. The summed E-state index contributed by atoms with van der Waals surface area (Å²) < 4.78 is 15.4. The number of methoxy groups -OCH3 is 3. The number of aliphatic hydroxyl groups excluding tert-OH is 1. The van der Waals surface area contributed by atoms with Gasteiger partial charge in [-0.2, -0.15) is 0 Å². The third-order valence-corrected chi connectivity index (χ3v) is 3.92. The van der Waals surface area contributed by atoms with Gasteiger partial charge in [0.2, 0.25) is 5.75 Å². The van der Waals surface area contributed by atoms with E-state index in [2.05, 4.69) is 0 Å². The van der Waals surface area contributed by atoms with E-state index in [0.29, 0.717) is 23.7 Å². The number of hydrogen-bond acceptors (Lipinski definition) is 6. The molecular weight excluding hydrogens is 312 g/mol. The number of aromatic hydroxyl groups is 2. The topological polar surface area (TPSA) is 88.4 Å². The van der Waals surface area contributed by atoms with Crippen LogP contribution in [0.15, 0.2) is 30.3 Å². The molecule has 0 bridgehead atoms. The fourth-order valence-corrected chi connectivity index (χ4v) is 2.59. The molecule has 1 atom stereocenters. The van der Waals surface area contributed by atoms with Crippen LogP contribution in [0.3, 0.4) is 0 Å². The molecule has 0 amide bonds. The van der Waals surface area contributed by atoms with Crippen molar-refractivity contribution in [3.8, 4) is 28.7 Å². The molecule has 0 fully saturated rings. The van der Waals surface area contributed by atoms with Crippen molar-refractivity contribution in [1.82, 2.24) is 0 Å². The van der Waals surface area contributed by atoms with Crippen molar-refractivity contribution in [3.63, 3.8) is 0 Å². The first-order chi connectivity index (χ1) is 11.5. The third-order valence-electron chi connectivity index (χ3n) is 3.92. The second-order valence-electron chi connectivity index (χ2n) is 5.36. The maximum Gasteiger partial charge on any atom is 0.200 e. The first-order valence-electron chi connectivity index (χ1n) is 7.45. The minimum atomic E-state index is -0.210. The summed E-state index contributed by atoms with van der Waals surface area (Å²) in [5.74, 6) is 0.750. The highest BCUT2D eigenvalue weighted by Gasteiger charge is 2.17. The lowest BCUT2D eigenvalue weighted by Gasteiger charge is -2.18. The van der Waals surface area contributed by atoms with Gasteiger partial charge >= 0.3 is 0 Å². The normalized spacial score (nSPS) is 11.8. The Labute approximate surface area is 140 Å². The van der Waals surface area contributed by atoms with Crippen LogP contribution in [0, 0.1) is 0 Å².